The second-order valence-corrected chi connectivity index (χ2v) is 7.75. The number of hydrogen-bond donors (Lipinski definition) is 2. The van der Waals surface area contributed by atoms with E-state index in [1.807, 2.05) is 7.05 Å². The second kappa shape index (κ2) is 12.4. The molecule has 0 amide bonds. The molecule has 1 aliphatic rings. The summed E-state index contributed by atoms with van der Waals surface area (Å²) in [5.41, 5.74) is 3.99. The van der Waals surface area contributed by atoms with Crippen molar-refractivity contribution in [1.29, 1.82) is 0 Å². The van der Waals surface area contributed by atoms with Gasteiger partial charge in [0.1, 0.15) is 0 Å². The highest BCUT2D eigenvalue weighted by molar-refractivity contribution is 14.0. The number of guanidine groups is 1. The fourth-order valence-electron chi connectivity index (χ4n) is 3.11. The zero-order valence-electron chi connectivity index (χ0n) is 16.7. The fraction of sp³-hybridized carbons (Fsp3) is 0.476. The number of aliphatic imine (C=N–C) groups is 1. The van der Waals surface area contributed by atoms with Crippen LogP contribution in [0.1, 0.15) is 29.5 Å². The number of rotatable bonds is 7. The van der Waals surface area contributed by atoms with E-state index in [0.29, 0.717) is 5.92 Å². The maximum Gasteiger partial charge on any atom is 0.191 e. The number of nitrogens with zero attached hydrogens (tertiary/aromatic N) is 2. The minimum atomic E-state index is 0. The Morgan fingerprint density at radius 2 is 1.86 bits per heavy atom. The summed E-state index contributed by atoms with van der Waals surface area (Å²) >= 11 is 1.74. The Morgan fingerprint density at radius 3 is 2.50 bits per heavy atom. The van der Waals surface area contributed by atoms with Crippen molar-refractivity contribution in [3.8, 4) is 0 Å². The Bertz CT molecular complexity index is 700. The zero-order valence-corrected chi connectivity index (χ0v) is 19.8. The minimum absolute atomic E-state index is 0. The molecule has 3 rings (SSSR count). The number of halogens is 1. The van der Waals surface area contributed by atoms with Gasteiger partial charge in [-0.2, -0.15) is 11.3 Å². The van der Waals surface area contributed by atoms with Crippen LogP contribution in [0, 0.1) is 0 Å². The van der Waals surface area contributed by atoms with Gasteiger partial charge in [0.15, 0.2) is 5.96 Å². The van der Waals surface area contributed by atoms with Gasteiger partial charge in [-0.05, 0) is 39.4 Å². The summed E-state index contributed by atoms with van der Waals surface area (Å²) in [4.78, 5) is 6.77. The van der Waals surface area contributed by atoms with Gasteiger partial charge in [0, 0.05) is 39.8 Å². The first kappa shape index (κ1) is 23.1. The predicted molar refractivity (Wildman–Crippen MR) is 129 cm³/mol. The molecule has 1 atom stereocenters. The second-order valence-electron chi connectivity index (χ2n) is 6.97. The molecule has 0 radical (unpaired) electrons. The molecule has 1 unspecified atom stereocenters. The summed E-state index contributed by atoms with van der Waals surface area (Å²) in [6, 6.07) is 11.0. The van der Waals surface area contributed by atoms with Crippen LogP contribution in [0.3, 0.4) is 0 Å². The summed E-state index contributed by atoms with van der Waals surface area (Å²) < 4.78 is 5.41. The predicted octanol–water partition coefficient (Wildman–Crippen LogP) is 3.67. The van der Waals surface area contributed by atoms with Gasteiger partial charge in [0.25, 0.3) is 0 Å². The van der Waals surface area contributed by atoms with Crippen LogP contribution in [0.4, 0.5) is 0 Å². The van der Waals surface area contributed by atoms with E-state index >= 15 is 0 Å². The smallest absolute Gasteiger partial charge is 0.191 e. The molecule has 7 heteroatoms. The Balaban J connectivity index is 0.00000280. The summed E-state index contributed by atoms with van der Waals surface area (Å²) in [6.45, 7) is 8.61. The van der Waals surface area contributed by atoms with E-state index in [1.54, 1.807) is 11.3 Å². The molecular formula is C21H31IN4OS. The summed E-state index contributed by atoms with van der Waals surface area (Å²) in [5.74, 6) is 1.31. The quantitative estimate of drug-likeness (QED) is 0.337. The number of hydrogen-bond acceptors (Lipinski definition) is 4. The lowest BCUT2D eigenvalue weighted by Crippen LogP contribution is -2.38. The summed E-state index contributed by atoms with van der Waals surface area (Å²) in [6.07, 6.45) is 0. The molecule has 1 fully saturated rings. The van der Waals surface area contributed by atoms with Crippen molar-refractivity contribution in [2.75, 3.05) is 39.9 Å². The minimum Gasteiger partial charge on any atom is -0.379 e. The van der Waals surface area contributed by atoms with Crippen LogP contribution in [0.2, 0.25) is 0 Å². The van der Waals surface area contributed by atoms with Gasteiger partial charge in [-0.1, -0.05) is 31.2 Å². The lowest BCUT2D eigenvalue weighted by atomic mass is 10.1. The Labute approximate surface area is 189 Å². The Morgan fingerprint density at radius 1 is 1.14 bits per heavy atom. The monoisotopic (exact) mass is 514 g/mol. The Kier molecular flexibility index (Phi) is 10.3. The molecular weight excluding hydrogens is 483 g/mol. The van der Waals surface area contributed by atoms with Gasteiger partial charge in [0.2, 0.25) is 0 Å². The molecule has 1 aromatic carbocycles. The van der Waals surface area contributed by atoms with Gasteiger partial charge >= 0.3 is 0 Å². The molecule has 1 saturated heterocycles. The molecule has 0 bridgehead atoms. The molecule has 5 nitrogen and oxygen atoms in total. The van der Waals surface area contributed by atoms with Crippen LogP contribution in [0.5, 0.6) is 0 Å². The van der Waals surface area contributed by atoms with E-state index in [1.165, 1.54) is 16.7 Å². The maximum atomic E-state index is 5.41. The van der Waals surface area contributed by atoms with Gasteiger partial charge in [-0.25, -0.2) is 0 Å². The van der Waals surface area contributed by atoms with Crippen molar-refractivity contribution >= 4 is 41.3 Å². The highest BCUT2D eigenvalue weighted by Crippen LogP contribution is 2.17. The average Bonchev–Trinajstić information content (AvgIpc) is 3.25. The van der Waals surface area contributed by atoms with Crippen LogP contribution >= 0.6 is 35.3 Å². The number of benzene rings is 1. The fourth-order valence-corrected chi connectivity index (χ4v) is 3.89. The van der Waals surface area contributed by atoms with E-state index in [0.717, 1.165) is 51.9 Å². The molecule has 2 heterocycles. The molecule has 28 heavy (non-hydrogen) atoms. The molecule has 1 aliphatic heterocycles. The number of nitrogens with one attached hydrogen (secondary N) is 2. The van der Waals surface area contributed by atoms with Gasteiger partial charge < -0.3 is 15.4 Å². The van der Waals surface area contributed by atoms with Crippen molar-refractivity contribution in [1.82, 2.24) is 15.5 Å². The van der Waals surface area contributed by atoms with Crippen LogP contribution in [0.15, 0.2) is 46.1 Å². The third-order valence-electron chi connectivity index (χ3n) is 4.90. The first-order chi connectivity index (χ1) is 13.2. The van der Waals surface area contributed by atoms with E-state index < -0.39 is 0 Å². The highest BCUT2D eigenvalue weighted by Gasteiger charge is 2.10. The van der Waals surface area contributed by atoms with Crippen molar-refractivity contribution in [3.63, 3.8) is 0 Å². The van der Waals surface area contributed by atoms with Crippen molar-refractivity contribution < 1.29 is 4.74 Å². The van der Waals surface area contributed by atoms with E-state index in [9.17, 15) is 0 Å². The van der Waals surface area contributed by atoms with Gasteiger partial charge in [-0.3, -0.25) is 9.89 Å². The van der Waals surface area contributed by atoms with Crippen LogP contribution in [-0.4, -0.2) is 50.8 Å². The average molecular weight is 514 g/mol. The van der Waals surface area contributed by atoms with Crippen LogP contribution in [-0.2, 0) is 17.8 Å². The van der Waals surface area contributed by atoms with Crippen molar-refractivity contribution in [2.45, 2.75) is 25.9 Å². The molecule has 0 aliphatic carbocycles. The zero-order chi connectivity index (χ0) is 18.9. The third kappa shape index (κ3) is 7.35. The lowest BCUT2D eigenvalue weighted by Gasteiger charge is -2.26. The molecule has 0 spiro atoms. The lowest BCUT2D eigenvalue weighted by molar-refractivity contribution is 0.0342. The van der Waals surface area contributed by atoms with Gasteiger partial charge in [-0.15, -0.1) is 24.0 Å². The summed E-state index contributed by atoms with van der Waals surface area (Å²) in [7, 11) is 1.82. The standard InChI is InChI=1S/C21H30N4OS.HI/c1-17(20-7-12-27-16-20)13-23-21(22-2)24-14-18-3-5-19(6-4-18)15-25-8-10-26-11-9-25;/h3-7,12,16-17H,8-11,13-15H2,1-2H3,(H2,22,23,24);1H. The number of ether oxygens (including phenoxy) is 1. The van der Waals surface area contributed by atoms with E-state index in [2.05, 4.69) is 68.5 Å². The maximum absolute atomic E-state index is 5.41. The topological polar surface area (TPSA) is 48.9 Å². The van der Waals surface area contributed by atoms with E-state index in [-0.39, 0.29) is 24.0 Å². The molecule has 0 saturated carbocycles. The van der Waals surface area contributed by atoms with Crippen molar-refractivity contribution in [2.24, 2.45) is 4.99 Å². The molecule has 154 valence electrons. The molecule has 2 N–H and O–H groups in total. The van der Waals surface area contributed by atoms with E-state index in [4.69, 9.17) is 4.74 Å². The number of morpholine rings is 1. The van der Waals surface area contributed by atoms with Gasteiger partial charge in [0.05, 0.1) is 13.2 Å². The van der Waals surface area contributed by atoms with Crippen LogP contribution < -0.4 is 10.6 Å². The third-order valence-corrected chi connectivity index (χ3v) is 5.61. The number of thiophene rings is 1. The first-order valence-corrected chi connectivity index (χ1v) is 10.5. The van der Waals surface area contributed by atoms with Crippen molar-refractivity contribution in [3.05, 3.63) is 57.8 Å². The largest absolute Gasteiger partial charge is 0.379 e. The van der Waals surface area contributed by atoms with Crippen LogP contribution in [0.25, 0.3) is 0 Å². The SMILES string of the molecule is CN=C(NCc1ccc(CN2CCOCC2)cc1)NCC(C)c1ccsc1.I. The molecule has 1 aromatic heterocycles. The molecule has 2 aromatic rings. The first-order valence-electron chi connectivity index (χ1n) is 9.59. The summed E-state index contributed by atoms with van der Waals surface area (Å²) in [5, 5.41) is 11.2. The Hall–Kier alpha value is -1.16. The highest BCUT2D eigenvalue weighted by atomic mass is 127. The normalized spacial score (nSPS) is 16.3.